The molecule has 0 amide bonds. The maximum Gasteiger partial charge on any atom is 0.338 e. The fourth-order valence-electron chi connectivity index (χ4n) is 8.45. The average molecular weight is 368 g/mol. The third kappa shape index (κ3) is 1.68. The highest BCUT2D eigenvalue weighted by atomic mass is 16.7. The highest BCUT2D eigenvalue weighted by Gasteiger charge is 2.89. The molecular weight excluding hydrogens is 340 g/mol. The zero-order valence-corrected chi connectivity index (χ0v) is 16.2. The first-order chi connectivity index (χ1) is 13.0. The molecule has 5 aliphatic rings. The number of carbonyl (C=O) groups is 1. The van der Waals surface area contributed by atoms with Crippen LogP contribution in [0.1, 0.15) is 56.3 Å². The Bertz CT molecular complexity index is 800. The van der Waals surface area contributed by atoms with Crippen molar-refractivity contribution in [2.75, 3.05) is 13.2 Å². The second-order valence-electron chi connectivity index (χ2n) is 9.94. The largest absolute Gasteiger partial charge is 0.455 e. The van der Waals surface area contributed by atoms with Crippen molar-refractivity contribution < 1.29 is 19.0 Å². The summed E-state index contributed by atoms with van der Waals surface area (Å²) in [5, 5.41) is 0. The van der Waals surface area contributed by atoms with Crippen molar-refractivity contribution in [3.63, 3.8) is 0 Å². The lowest BCUT2D eigenvalue weighted by Crippen LogP contribution is -2.66. The standard InChI is InChI=1S/C23H28O4/c1-15-12-21(27-19(24)16-6-4-3-5-7-16)9-8-20(2)14-18-22(25-10-11-26-22)13-17(15)23(18,20)21/h3-7,15,17-18H,8-14H2,1-2H3/t15-,17?,18+,20-,21+,23?/m1/s1. The zero-order valence-electron chi connectivity index (χ0n) is 16.2. The van der Waals surface area contributed by atoms with Crippen LogP contribution < -0.4 is 0 Å². The molecule has 2 spiro atoms. The van der Waals surface area contributed by atoms with Crippen LogP contribution in [-0.2, 0) is 14.2 Å². The predicted octanol–water partition coefficient (Wildman–Crippen LogP) is 4.19. The van der Waals surface area contributed by atoms with Gasteiger partial charge >= 0.3 is 5.97 Å². The van der Waals surface area contributed by atoms with Gasteiger partial charge in [-0.05, 0) is 55.1 Å². The number of hydrogen-bond acceptors (Lipinski definition) is 4. The quantitative estimate of drug-likeness (QED) is 0.734. The lowest BCUT2D eigenvalue weighted by atomic mass is 9.42. The predicted molar refractivity (Wildman–Crippen MR) is 99.0 cm³/mol. The molecule has 6 atom stereocenters. The van der Waals surface area contributed by atoms with E-state index >= 15 is 0 Å². The smallest absolute Gasteiger partial charge is 0.338 e. The van der Waals surface area contributed by atoms with Gasteiger partial charge in [-0.2, -0.15) is 0 Å². The molecule has 1 aromatic rings. The van der Waals surface area contributed by atoms with Crippen molar-refractivity contribution in [1.29, 1.82) is 0 Å². The summed E-state index contributed by atoms with van der Waals surface area (Å²) in [6.45, 7) is 6.17. The van der Waals surface area contributed by atoms with E-state index in [-0.39, 0.29) is 22.4 Å². The fourth-order valence-corrected chi connectivity index (χ4v) is 8.45. The van der Waals surface area contributed by atoms with Gasteiger partial charge < -0.3 is 14.2 Å². The Hall–Kier alpha value is -1.39. The molecule has 6 rings (SSSR count). The Labute approximate surface area is 160 Å². The molecule has 144 valence electrons. The van der Waals surface area contributed by atoms with Crippen LogP contribution in [0.3, 0.4) is 0 Å². The van der Waals surface area contributed by atoms with Gasteiger partial charge in [0.25, 0.3) is 0 Å². The molecule has 5 fully saturated rings. The van der Waals surface area contributed by atoms with E-state index in [1.54, 1.807) is 0 Å². The highest BCUT2D eigenvalue weighted by Crippen LogP contribution is 2.87. The minimum Gasteiger partial charge on any atom is -0.455 e. The topological polar surface area (TPSA) is 44.8 Å². The van der Waals surface area contributed by atoms with Crippen LogP contribution in [0.5, 0.6) is 0 Å². The van der Waals surface area contributed by atoms with Crippen LogP contribution >= 0.6 is 0 Å². The van der Waals surface area contributed by atoms with Crippen molar-refractivity contribution in [3.05, 3.63) is 35.9 Å². The Morgan fingerprint density at radius 1 is 1.07 bits per heavy atom. The first-order valence-electron chi connectivity index (χ1n) is 10.5. The molecule has 1 aliphatic heterocycles. The van der Waals surface area contributed by atoms with Crippen LogP contribution in [0, 0.1) is 28.6 Å². The summed E-state index contributed by atoms with van der Waals surface area (Å²) in [5.74, 6) is 0.821. The van der Waals surface area contributed by atoms with Crippen LogP contribution in [0.15, 0.2) is 30.3 Å². The Morgan fingerprint density at radius 3 is 2.56 bits per heavy atom. The van der Waals surface area contributed by atoms with Crippen LogP contribution in [0.4, 0.5) is 0 Å². The molecule has 0 N–H and O–H groups in total. The number of benzene rings is 1. The summed E-state index contributed by atoms with van der Waals surface area (Å²) in [6.07, 6.45) is 5.22. The molecular formula is C23H28O4. The van der Waals surface area contributed by atoms with Gasteiger partial charge in [-0.3, -0.25) is 0 Å². The van der Waals surface area contributed by atoms with Crippen molar-refractivity contribution in [3.8, 4) is 0 Å². The number of esters is 1. The summed E-state index contributed by atoms with van der Waals surface area (Å²) >= 11 is 0. The minimum absolute atomic E-state index is 0.0220. The van der Waals surface area contributed by atoms with E-state index in [4.69, 9.17) is 14.2 Å². The van der Waals surface area contributed by atoms with E-state index in [9.17, 15) is 4.79 Å². The van der Waals surface area contributed by atoms with E-state index in [2.05, 4.69) is 13.8 Å². The average Bonchev–Trinajstić information content (AvgIpc) is 3.32. The van der Waals surface area contributed by atoms with Crippen molar-refractivity contribution >= 4 is 5.97 Å². The van der Waals surface area contributed by atoms with Crippen LogP contribution in [0.25, 0.3) is 0 Å². The summed E-state index contributed by atoms with van der Waals surface area (Å²) < 4.78 is 19.0. The lowest BCUT2D eigenvalue weighted by molar-refractivity contribution is -0.277. The molecule has 27 heavy (non-hydrogen) atoms. The summed E-state index contributed by atoms with van der Waals surface area (Å²) in [4.78, 5) is 13.1. The Morgan fingerprint density at radius 2 is 1.81 bits per heavy atom. The molecule has 2 unspecified atom stereocenters. The van der Waals surface area contributed by atoms with Gasteiger partial charge in [0, 0.05) is 17.8 Å². The molecule has 4 saturated carbocycles. The highest BCUT2D eigenvalue weighted by molar-refractivity contribution is 5.89. The normalized spacial score (nSPS) is 48.3. The maximum atomic E-state index is 13.1. The van der Waals surface area contributed by atoms with E-state index in [0.29, 0.717) is 36.5 Å². The molecule has 4 aliphatic carbocycles. The first-order valence-corrected chi connectivity index (χ1v) is 10.5. The minimum atomic E-state index is -0.423. The SMILES string of the molecule is C[C@@H]1C[C@@]2(OC(=O)c3ccccc3)CC[C@]3(C)C[C@H]4C5(CC1C432)OCCO5. The second-order valence-corrected chi connectivity index (χ2v) is 9.94. The second kappa shape index (κ2) is 4.96. The van der Waals surface area contributed by atoms with E-state index in [1.807, 2.05) is 30.3 Å². The molecule has 0 radical (unpaired) electrons. The van der Waals surface area contributed by atoms with Gasteiger partial charge in [0.2, 0.25) is 0 Å². The molecule has 1 aromatic carbocycles. The van der Waals surface area contributed by atoms with Gasteiger partial charge in [0.15, 0.2) is 5.79 Å². The monoisotopic (exact) mass is 368 g/mol. The molecule has 0 aromatic heterocycles. The number of ether oxygens (including phenoxy) is 3. The van der Waals surface area contributed by atoms with Gasteiger partial charge in [0.1, 0.15) is 5.60 Å². The molecule has 1 saturated heterocycles. The molecule has 1 heterocycles. The lowest BCUT2D eigenvalue weighted by Gasteiger charge is -2.63. The molecule has 4 nitrogen and oxygen atoms in total. The summed E-state index contributed by atoms with van der Waals surface area (Å²) in [5.41, 5.74) is 0.558. The van der Waals surface area contributed by atoms with Gasteiger partial charge in [-0.25, -0.2) is 4.79 Å². The molecule has 0 bridgehead atoms. The van der Waals surface area contributed by atoms with Crippen LogP contribution in [0.2, 0.25) is 0 Å². The van der Waals surface area contributed by atoms with Crippen LogP contribution in [-0.4, -0.2) is 30.6 Å². The van der Waals surface area contributed by atoms with Crippen molar-refractivity contribution in [1.82, 2.24) is 0 Å². The number of rotatable bonds is 2. The summed E-state index contributed by atoms with van der Waals surface area (Å²) in [6, 6.07) is 9.46. The number of carbonyl (C=O) groups excluding carboxylic acids is 1. The van der Waals surface area contributed by atoms with E-state index in [0.717, 1.165) is 32.1 Å². The maximum absolute atomic E-state index is 13.1. The van der Waals surface area contributed by atoms with Crippen molar-refractivity contribution in [2.45, 2.75) is 57.3 Å². The number of hydrogen-bond donors (Lipinski definition) is 0. The van der Waals surface area contributed by atoms with Gasteiger partial charge in [-0.1, -0.05) is 32.0 Å². The third-order valence-corrected chi connectivity index (χ3v) is 9.07. The fraction of sp³-hybridized carbons (Fsp3) is 0.696. The Kier molecular flexibility index (Phi) is 3.04. The zero-order chi connectivity index (χ0) is 18.5. The van der Waals surface area contributed by atoms with E-state index < -0.39 is 5.79 Å². The Balaban J connectivity index is 1.44. The third-order valence-electron chi connectivity index (χ3n) is 9.07. The number of fused-ring (bicyclic) bond motifs is 1. The first kappa shape index (κ1) is 16.6. The molecule has 4 heteroatoms. The van der Waals surface area contributed by atoms with Gasteiger partial charge in [-0.15, -0.1) is 0 Å². The van der Waals surface area contributed by atoms with Gasteiger partial charge in [0.05, 0.1) is 18.8 Å². The van der Waals surface area contributed by atoms with E-state index in [1.165, 1.54) is 0 Å². The summed E-state index contributed by atoms with van der Waals surface area (Å²) in [7, 11) is 0. The van der Waals surface area contributed by atoms with Crippen molar-refractivity contribution in [2.24, 2.45) is 28.6 Å².